The summed E-state index contributed by atoms with van der Waals surface area (Å²) in [5.74, 6) is -2.75. The Hall–Kier alpha value is -2.76. The van der Waals surface area contributed by atoms with E-state index < -0.39 is 51.3 Å². The first-order chi connectivity index (χ1) is 14.8. The second kappa shape index (κ2) is 9.58. The van der Waals surface area contributed by atoms with Crippen LogP contribution in [0.25, 0.3) is 0 Å². The number of sulfonamides is 1. The monoisotopic (exact) mass is 466 g/mol. The van der Waals surface area contributed by atoms with Gasteiger partial charge in [-0.05, 0) is 42.7 Å². The van der Waals surface area contributed by atoms with Gasteiger partial charge in [-0.2, -0.15) is 16.5 Å². The van der Waals surface area contributed by atoms with Crippen LogP contribution >= 0.6 is 11.8 Å². The summed E-state index contributed by atoms with van der Waals surface area (Å²) < 4.78 is 46.3. The predicted octanol–water partition coefficient (Wildman–Crippen LogP) is 2.02. The molecule has 0 bridgehead atoms. The zero-order chi connectivity index (χ0) is 22.6. The number of rotatable bonds is 9. The predicted molar refractivity (Wildman–Crippen MR) is 111 cm³/mol. The van der Waals surface area contributed by atoms with Crippen molar-refractivity contribution in [3.63, 3.8) is 0 Å². The van der Waals surface area contributed by atoms with E-state index in [1.165, 1.54) is 36.0 Å². The number of carbonyl (C=O) groups is 3. The lowest BCUT2D eigenvalue weighted by molar-refractivity contribution is -0.148. The van der Waals surface area contributed by atoms with Crippen LogP contribution in [0.1, 0.15) is 27.1 Å². The maximum atomic E-state index is 13.9. The molecule has 0 spiro atoms. The number of fused-ring (bicyclic) bond motifs is 1. The van der Waals surface area contributed by atoms with Crippen molar-refractivity contribution in [3.8, 4) is 0 Å². The molecule has 11 heteroatoms. The molecule has 0 aliphatic carbocycles. The Bertz CT molecular complexity index is 1090. The SMILES string of the molecule is CSCC[C@H](NS(=O)(=O)c1ccccc1F)C(=O)OCN1C(=O)c2ccccc2C1=O. The number of halogens is 1. The van der Waals surface area contributed by atoms with Gasteiger partial charge in [-0.15, -0.1) is 0 Å². The van der Waals surface area contributed by atoms with Crippen LogP contribution < -0.4 is 4.72 Å². The molecule has 0 radical (unpaired) electrons. The smallest absolute Gasteiger partial charge is 0.325 e. The van der Waals surface area contributed by atoms with Gasteiger partial charge in [0, 0.05) is 0 Å². The van der Waals surface area contributed by atoms with E-state index in [4.69, 9.17) is 4.74 Å². The average molecular weight is 467 g/mol. The maximum Gasteiger partial charge on any atom is 0.325 e. The number of esters is 1. The summed E-state index contributed by atoms with van der Waals surface area (Å²) in [4.78, 5) is 37.5. The minimum atomic E-state index is -4.35. The van der Waals surface area contributed by atoms with E-state index in [-0.39, 0.29) is 17.5 Å². The highest BCUT2D eigenvalue weighted by Gasteiger charge is 2.36. The molecule has 1 N–H and O–H groups in total. The molecule has 0 saturated carbocycles. The molecule has 0 saturated heterocycles. The third-order valence-corrected chi connectivity index (χ3v) is 6.68. The number of hydrogen-bond acceptors (Lipinski definition) is 7. The number of carbonyl (C=O) groups excluding carboxylic acids is 3. The molecule has 3 rings (SSSR count). The van der Waals surface area contributed by atoms with Crippen molar-refractivity contribution in [1.82, 2.24) is 9.62 Å². The van der Waals surface area contributed by atoms with Crippen LogP contribution in [-0.4, -0.2) is 55.9 Å². The molecular weight excluding hydrogens is 447 g/mol. The number of nitrogens with zero attached hydrogens (tertiary/aromatic N) is 1. The lowest BCUT2D eigenvalue weighted by atomic mass is 10.1. The van der Waals surface area contributed by atoms with Crippen LogP contribution in [0.2, 0.25) is 0 Å². The zero-order valence-corrected chi connectivity index (χ0v) is 18.0. The van der Waals surface area contributed by atoms with E-state index >= 15 is 0 Å². The normalized spacial score (nSPS) is 14.5. The first-order valence-corrected chi connectivity index (χ1v) is 12.0. The van der Waals surface area contributed by atoms with Crippen LogP contribution in [0.4, 0.5) is 4.39 Å². The van der Waals surface area contributed by atoms with Crippen LogP contribution in [-0.2, 0) is 19.6 Å². The van der Waals surface area contributed by atoms with Crippen molar-refractivity contribution in [2.24, 2.45) is 0 Å². The standard InChI is InChI=1S/C20H19FN2O6S2/c1-30-11-10-16(22-31(27,28)17-9-5-4-8-15(17)21)20(26)29-12-23-18(24)13-6-2-3-7-14(13)19(23)25/h2-9,16,22H,10-12H2,1H3/t16-/m0/s1. The summed E-state index contributed by atoms with van der Waals surface area (Å²) >= 11 is 1.37. The Kier molecular flexibility index (Phi) is 7.08. The highest BCUT2D eigenvalue weighted by molar-refractivity contribution is 7.98. The Morgan fingerprint density at radius 3 is 2.26 bits per heavy atom. The van der Waals surface area contributed by atoms with E-state index in [1.807, 2.05) is 0 Å². The molecule has 0 fully saturated rings. The van der Waals surface area contributed by atoms with Crippen molar-refractivity contribution in [2.75, 3.05) is 18.7 Å². The number of thioether (sulfide) groups is 1. The topological polar surface area (TPSA) is 110 Å². The van der Waals surface area contributed by atoms with E-state index in [9.17, 15) is 27.2 Å². The van der Waals surface area contributed by atoms with Crippen molar-refractivity contribution in [2.45, 2.75) is 17.4 Å². The summed E-state index contributed by atoms with van der Waals surface area (Å²) in [6, 6.07) is 9.63. The molecular formula is C20H19FN2O6S2. The van der Waals surface area contributed by atoms with Gasteiger partial charge in [-0.25, -0.2) is 17.7 Å². The van der Waals surface area contributed by atoms with E-state index in [0.717, 1.165) is 17.0 Å². The fraction of sp³-hybridized carbons (Fsp3) is 0.250. The molecule has 1 heterocycles. The van der Waals surface area contributed by atoms with Crippen LogP contribution in [0.5, 0.6) is 0 Å². The molecule has 2 aromatic carbocycles. The molecule has 1 aliphatic rings. The van der Waals surface area contributed by atoms with E-state index in [2.05, 4.69) is 4.72 Å². The van der Waals surface area contributed by atoms with E-state index in [1.54, 1.807) is 18.4 Å². The first-order valence-electron chi connectivity index (χ1n) is 9.14. The van der Waals surface area contributed by atoms with Gasteiger partial charge in [0.05, 0.1) is 11.1 Å². The summed E-state index contributed by atoms with van der Waals surface area (Å²) in [6.07, 6.45) is 1.84. The molecule has 8 nitrogen and oxygen atoms in total. The van der Waals surface area contributed by atoms with Gasteiger partial charge in [0.2, 0.25) is 10.0 Å². The summed E-state index contributed by atoms with van der Waals surface area (Å²) in [5.41, 5.74) is 0.394. The molecule has 1 aliphatic heterocycles. The molecule has 2 aromatic rings. The van der Waals surface area contributed by atoms with E-state index in [0.29, 0.717) is 5.75 Å². The summed E-state index contributed by atoms with van der Waals surface area (Å²) in [7, 11) is -4.35. The number of benzene rings is 2. The lowest BCUT2D eigenvalue weighted by Crippen LogP contribution is -2.44. The fourth-order valence-corrected chi connectivity index (χ4v) is 4.73. The molecule has 31 heavy (non-hydrogen) atoms. The van der Waals surface area contributed by atoms with Crippen LogP contribution in [0.15, 0.2) is 53.4 Å². The van der Waals surface area contributed by atoms with Gasteiger partial charge in [0.25, 0.3) is 11.8 Å². The average Bonchev–Trinajstić information content (AvgIpc) is 2.99. The number of hydrogen-bond donors (Lipinski definition) is 1. The largest absolute Gasteiger partial charge is 0.442 e. The highest BCUT2D eigenvalue weighted by Crippen LogP contribution is 2.22. The van der Waals surface area contributed by atoms with Crippen molar-refractivity contribution < 1.29 is 31.9 Å². The summed E-state index contributed by atoms with van der Waals surface area (Å²) in [6.45, 7) is -0.664. The molecule has 0 unspecified atom stereocenters. The molecule has 1 atom stereocenters. The quantitative estimate of drug-likeness (QED) is 0.445. The Balaban J connectivity index is 1.72. The summed E-state index contributed by atoms with van der Waals surface area (Å²) in [5, 5.41) is 0. The van der Waals surface area contributed by atoms with Gasteiger partial charge in [-0.1, -0.05) is 24.3 Å². The third-order valence-electron chi connectivity index (χ3n) is 4.53. The first kappa shape index (κ1) is 22.9. The van der Waals surface area contributed by atoms with Gasteiger partial charge in [0.1, 0.15) is 16.8 Å². The minimum Gasteiger partial charge on any atom is -0.442 e. The van der Waals surface area contributed by atoms with Gasteiger partial charge < -0.3 is 4.74 Å². The van der Waals surface area contributed by atoms with Crippen molar-refractivity contribution >= 4 is 39.6 Å². The van der Waals surface area contributed by atoms with Crippen LogP contribution in [0, 0.1) is 5.82 Å². The van der Waals surface area contributed by atoms with Gasteiger partial charge in [0.15, 0.2) is 6.73 Å². The second-order valence-electron chi connectivity index (χ2n) is 6.56. The Morgan fingerprint density at radius 2 is 1.68 bits per heavy atom. The van der Waals surface area contributed by atoms with Gasteiger partial charge in [-0.3, -0.25) is 14.4 Å². The Labute approximate surface area is 182 Å². The number of imide groups is 1. The molecule has 2 amide bonds. The highest BCUT2D eigenvalue weighted by atomic mass is 32.2. The maximum absolute atomic E-state index is 13.9. The zero-order valence-electron chi connectivity index (χ0n) is 16.4. The lowest BCUT2D eigenvalue weighted by Gasteiger charge is -2.20. The molecule has 164 valence electrons. The van der Waals surface area contributed by atoms with Crippen molar-refractivity contribution in [3.05, 3.63) is 65.5 Å². The number of ether oxygens (including phenoxy) is 1. The minimum absolute atomic E-state index is 0.0653. The number of nitrogens with one attached hydrogen (secondary N) is 1. The van der Waals surface area contributed by atoms with Gasteiger partial charge >= 0.3 is 5.97 Å². The number of amides is 2. The fourth-order valence-electron chi connectivity index (χ4n) is 2.96. The Morgan fingerprint density at radius 1 is 1.10 bits per heavy atom. The molecule has 0 aromatic heterocycles. The second-order valence-corrected chi connectivity index (χ2v) is 9.23. The van der Waals surface area contributed by atoms with Crippen molar-refractivity contribution in [1.29, 1.82) is 0 Å². The van der Waals surface area contributed by atoms with Crippen LogP contribution in [0.3, 0.4) is 0 Å². The third kappa shape index (κ3) is 4.94.